The summed E-state index contributed by atoms with van der Waals surface area (Å²) < 4.78 is 0. The molecule has 0 saturated carbocycles. The lowest BCUT2D eigenvalue weighted by Crippen LogP contribution is -2.15. The maximum absolute atomic E-state index is 2.28. The van der Waals surface area contributed by atoms with Gasteiger partial charge in [-0.2, -0.15) is 0 Å². The Hall–Kier alpha value is -0.0400. The van der Waals surface area contributed by atoms with E-state index in [0.717, 1.165) is 19.0 Å². The highest BCUT2D eigenvalue weighted by Gasteiger charge is 1.88. The van der Waals surface area contributed by atoms with Crippen LogP contribution in [-0.4, -0.2) is 25.0 Å². The van der Waals surface area contributed by atoms with E-state index in [1.165, 1.54) is 12.8 Å². The number of hydrogen-bond acceptors (Lipinski definition) is 1. The summed E-state index contributed by atoms with van der Waals surface area (Å²) in [7, 11) is 2.11. The smallest absolute Gasteiger partial charge is 0.00504 e. The maximum atomic E-state index is 2.28. The predicted octanol–water partition coefficient (Wildman–Crippen LogP) is 5.94. The van der Waals surface area contributed by atoms with Crippen molar-refractivity contribution in [2.75, 3.05) is 20.1 Å². The van der Waals surface area contributed by atoms with Gasteiger partial charge in [0.25, 0.3) is 0 Å². The number of rotatable bonds is 4. The minimum absolute atomic E-state index is 0. The Morgan fingerprint density at radius 3 is 1.00 bits per heavy atom. The van der Waals surface area contributed by atoms with Crippen LogP contribution >= 0.6 is 0 Å². The molecule has 0 rings (SSSR count). The van der Waals surface area contributed by atoms with Gasteiger partial charge in [-0.3, -0.25) is 0 Å². The van der Waals surface area contributed by atoms with E-state index >= 15 is 0 Å². The molecule has 0 N–H and O–H groups in total. The topological polar surface area (TPSA) is 3.24 Å². The number of nitrogens with zero attached hydrogens (tertiary/aromatic N) is 1. The van der Waals surface area contributed by atoms with Gasteiger partial charge in [0.2, 0.25) is 0 Å². The zero-order valence-electron chi connectivity index (χ0n) is 9.85. The highest BCUT2D eigenvalue weighted by atomic mass is 15.1. The molecule has 1 heteroatoms. The van der Waals surface area contributed by atoms with Crippen molar-refractivity contribution in [3.05, 3.63) is 0 Å². The van der Waals surface area contributed by atoms with Crippen LogP contribution in [0.5, 0.6) is 0 Å². The first-order valence-corrected chi connectivity index (χ1v) is 5.30. The largest absolute Gasteiger partial charge is 0.307 e. The van der Waals surface area contributed by atoms with Crippen molar-refractivity contribution in [2.24, 2.45) is 5.92 Å². The summed E-state index contributed by atoms with van der Waals surface area (Å²) in [5.41, 5.74) is 0. The highest BCUT2D eigenvalue weighted by molar-refractivity contribution is 4.41. The molecule has 0 aromatic heterocycles. The van der Waals surface area contributed by atoms with Crippen LogP contribution in [0, 0.1) is 5.92 Å². The highest BCUT2D eigenvalue weighted by Crippen LogP contribution is 2.02. The van der Waals surface area contributed by atoms with E-state index in [9.17, 15) is 0 Å². The molecule has 0 spiro atoms. The minimum Gasteiger partial charge on any atom is -0.307 e. The summed E-state index contributed by atoms with van der Waals surface area (Å²) in [6, 6.07) is 0. The Bertz CT molecular complexity index is 53.8. The van der Waals surface area contributed by atoms with Crippen molar-refractivity contribution in [2.45, 2.75) is 77.2 Å². The lowest BCUT2D eigenvalue weighted by molar-refractivity contribution is 0.373. The fraction of sp³-hybridized carbons (Fsp3) is 1.00. The molecule has 0 radical (unpaired) electrons. The summed E-state index contributed by atoms with van der Waals surface area (Å²) in [4.78, 5) is 2.25. The van der Waals surface area contributed by atoms with E-state index in [4.69, 9.17) is 0 Å². The molecule has 16 heavy (non-hydrogen) atoms. The summed E-state index contributed by atoms with van der Waals surface area (Å²) in [6.07, 6.45) is 2.66. The zero-order valence-corrected chi connectivity index (χ0v) is 9.85. The van der Waals surface area contributed by atoms with Gasteiger partial charge < -0.3 is 4.90 Å². The molecule has 1 nitrogen and oxygen atoms in total. The first kappa shape index (κ1) is 36.0. The fourth-order valence-corrected chi connectivity index (χ4v) is 0.512. The lowest BCUT2D eigenvalue weighted by atomic mass is 10.1. The van der Waals surface area contributed by atoms with Crippen LogP contribution in [0.3, 0.4) is 0 Å². The number of hydrogen-bond donors (Lipinski definition) is 0. The van der Waals surface area contributed by atoms with Gasteiger partial charge in [-0.15, -0.1) is 0 Å². The molecule has 0 aromatic carbocycles. The Labute approximate surface area is 109 Å². The normalized spacial score (nSPS) is 7.50. The average Bonchev–Trinajstić information content (AvgIpc) is 2.16. The van der Waals surface area contributed by atoms with Crippen LogP contribution in [0.15, 0.2) is 0 Å². The van der Waals surface area contributed by atoms with E-state index in [-0.39, 0.29) is 29.7 Å². The molecule has 0 aliphatic heterocycles. The van der Waals surface area contributed by atoms with Gasteiger partial charge in [0, 0.05) is 0 Å². The van der Waals surface area contributed by atoms with Crippen LogP contribution in [0.1, 0.15) is 77.2 Å². The second kappa shape index (κ2) is 29.4. The van der Waals surface area contributed by atoms with Gasteiger partial charge in [-0.1, -0.05) is 77.2 Å². The third-order valence-corrected chi connectivity index (χ3v) is 2.47. The standard InChI is InChI=1S/C6H14.C5H13N.4CH4/c2*1-4-6(3)5-2;;;;/h6H,4-5H2,1-3H3;4-5H2,1-3H3;4*1H4. The second-order valence-corrected chi connectivity index (χ2v) is 3.41. The monoisotopic (exact) mass is 237 g/mol. The Morgan fingerprint density at radius 2 is 1.00 bits per heavy atom. The van der Waals surface area contributed by atoms with E-state index in [2.05, 4.69) is 46.6 Å². The molecule has 0 saturated heterocycles. The van der Waals surface area contributed by atoms with E-state index in [0.29, 0.717) is 0 Å². The van der Waals surface area contributed by atoms with E-state index in [1.807, 2.05) is 0 Å². The van der Waals surface area contributed by atoms with E-state index < -0.39 is 0 Å². The molecular weight excluding hydrogens is 194 g/mol. The zero-order chi connectivity index (χ0) is 9.98. The quantitative estimate of drug-likeness (QED) is 0.584. The molecule has 0 unspecified atom stereocenters. The molecular formula is C15H43N. The molecule has 0 fully saturated rings. The minimum atomic E-state index is 0. The van der Waals surface area contributed by atoms with Crippen molar-refractivity contribution in [3.63, 3.8) is 0 Å². The van der Waals surface area contributed by atoms with Crippen molar-refractivity contribution >= 4 is 0 Å². The van der Waals surface area contributed by atoms with Crippen molar-refractivity contribution in [1.82, 2.24) is 4.90 Å². The van der Waals surface area contributed by atoms with Crippen LogP contribution in [0.2, 0.25) is 0 Å². The Balaban J connectivity index is -0.0000000250. The third kappa shape index (κ3) is 37.0. The van der Waals surface area contributed by atoms with Gasteiger partial charge >= 0.3 is 0 Å². The molecule has 0 heterocycles. The predicted molar refractivity (Wildman–Crippen MR) is 85.5 cm³/mol. The second-order valence-electron chi connectivity index (χ2n) is 3.41. The third-order valence-electron chi connectivity index (χ3n) is 2.47. The Kier molecular flexibility index (Phi) is 66.1. The SMILES string of the molecule is C.C.C.C.CCC(C)CC.CCN(C)CC. The first-order chi connectivity index (χ1) is 5.62. The summed E-state index contributed by atoms with van der Waals surface area (Å²) in [5.74, 6) is 0.935. The molecule has 0 aliphatic carbocycles. The molecule has 108 valence electrons. The van der Waals surface area contributed by atoms with Gasteiger partial charge in [0.1, 0.15) is 0 Å². The fourth-order valence-electron chi connectivity index (χ4n) is 0.512. The van der Waals surface area contributed by atoms with Gasteiger partial charge in [-0.05, 0) is 26.1 Å². The lowest BCUT2D eigenvalue weighted by Gasteiger charge is -2.07. The van der Waals surface area contributed by atoms with Crippen LogP contribution in [0.4, 0.5) is 0 Å². The van der Waals surface area contributed by atoms with Crippen LogP contribution in [-0.2, 0) is 0 Å². The van der Waals surface area contributed by atoms with Crippen molar-refractivity contribution in [3.8, 4) is 0 Å². The molecule has 0 bridgehead atoms. The average molecular weight is 238 g/mol. The molecule has 0 aromatic rings. The summed E-state index contributed by atoms with van der Waals surface area (Å²) in [5, 5.41) is 0. The summed E-state index contributed by atoms with van der Waals surface area (Å²) in [6.45, 7) is 13.4. The molecule has 0 amide bonds. The maximum Gasteiger partial charge on any atom is -0.00504 e. The van der Waals surface area contributed by atoms with Crippen molar-refractivity contribution < 1.29 is 0 Å². The van der Waals surface area contributed by atoms with Crippen molar-refractivity contribution in [1.29, 1.82) is 0 Å². The Morgan fingerprint density at radius 1 is 0.750 bits per heavy atom. The van der Waals surface area contributed by atoms with Gasteiger partial charge in [-0.25, -0.2) is 0 Å². The van der Waals surface area contributed by atoms with E-state index in [1.54, 1.807) is 0 Å². The summed E-state index contributed by atoms with van der Waals surface area (Å²) >= 11 is 0. The molecule has 0 atom stereocenters. The van der Waals surface area contributed by atoms with Gasteiger partial charge in [0.15, 0.2) is 0 Å². The first-order valence-electron chi connectivity index (χ1n) is 5.30. The molecule has 0 aliphatic rings. The van der Waals surface area contributed by atoms with Crippen LogP contribution < -0.4 is 0 Å². The van der Waals surface area contributed by atoms with Gasteiger partial charge in [0.05, 0.1) is 0 Å². The van der Waals surface area contributed by atoms with Crippen LogP contribution in [0.25, 0.3) is 0 Å².